The van der Waals surface area contributed by atoms with Crippen molar-refractivity contribution in [2.24, 2.45) is 0 Å². The number of hydrogen-bond acceptors (Lipinski definition) is 5. The summed E-state index contributed by atoms with van der Waals surface area (Å²) in [7, 11) is 0. The standard InChI is InChI=1S/C16H14O6S/c17-15(18)13(14(16(19)20)12-2-1-7-23-12)9-3-4-10-11(8-9)22-6-5-21-10/h1-4,7-8,13-14H,5-6H2,(H,17,18)(H,19,20). The molecule has 1 aromatic carbocycles. The van der Waals surface area contributed by atoms with Crippen LogP contribution in [0.2, 0.25) is 0 Å². The zero-order valence-electron chi connectivity index (χ0n) is 12.0. The third-order valence-electron chi connectivity index (χ3n) is 3.64. The van der Waals surface area contributed by atoms with E-state index >= 15 is 0 Å². The molecular formula is C16H14O6S. The highest BCUT2D eigenvalue weighted by Crippen LogP contribution is 2.40. The molecule has 0 bridgehead atoms. The maximum Gasteiger partial charge on any atom is 0.313 e. The third kappa shape index (κ3) is 3.00. The molecule has 0 amide bonds. The molecule has 2 heterocycles. The number of carboxylic acid groups (broad SMARTS) is 2. The number of rotatable bonds is 5. The van der Waals surface area contributed by atoms with Gasteiger partial charge in [-0.1, -0.05) is 12.1 Å². The number of aliphatic carboxylic acids is 2. The van der Waals surface area contributed by atoms with E-state index in [2.05, 4.69) is 0 Å². The second-order valence-electron chi connectivity index (χ2n) is 5.05. The Morgan fingerprint density at radius 1 is 1.00 bits per heavy atom. The van der Waals surface area contributed by atoms with Crippen LogP contribution in [0.1, 0.15) is 22.3 Å². The number of carboxylic acids is 2. The summed E-state index contributed by atoms with van der Waals surface area (Å²) in [5, 5.41) is 20.9. The second kappa shape index (κ2) is 6.29. The van der Waals surface area contributed by atoms with Crippen LogP contribution < -0.4 is 9.47 Å². The molecular weight excluding hydrogens is 320 g/mol. The minimum atomic E-state index is -1.21. The Hall–Kier alpha value is -2.54. The maximum atomic E-state index is 11.8. The van der Waals surface area contributed by atoms with E-state index in [-0.39, 0.29) is 0 Å². The van der Waals surface area contributed by atoms with Crippen molar-refractivity contribution in [1.29, 1.82) is 0 Å². The van der Waals surface area contributed by atoms with Gasteiger partial charge in [0.1, 0.15) is 25.0 Å². The number of hydrogen-bond donors (Lipinski definition) is 2. The van der Waals surface area contributed by atoms with Gasteiger partial charge in [0, 0.05) is 4.88 Å². The average Bonchev–Trinajstić information content (AvgIpc) is 3.05. The Balaban J connectivity index is 2.04. The van der Waals surface area contributed by atoms with Gasteiger partial charge in [-0.3, -0.25) is 9.59 Å². The Morgan fingerprint density at radius 2 is 1.70 bits per heavy atom. The first-order chi connectivity index (χ1) is 11.1. The van der Waals surface area contributed by atoms with Gasteiger partial charge in [-0.15, -0.1) is 11.3 Å². The van der Waals surface area contributed by atoms with Crippen molar-refractivity contribution in [2.45, 2.75) is 11.8 Å². The van der Waals surface area contributed by atoms with Crippen molar-refractivity contribution in [3.63, 3.8) is 0 Å². The summed E-state index contributed by atoms with van der Waals surface area (Å²) in [6.45, 7) is 0.809. The topological polar surface area (TPSA) is 93.1 Å². The van der Waals surface area contributed by atoms with Crippen molar-refractivity contribution in [1.82, 2.24) is 0 Å². The molecule has 0 fully saturated rings. The van der Waals surface area contributed by atoms with Crippen molar-refractivity contribution in [3.8, 4) is 11.5 Å². The van der Waals surface area contributed by atoms with Crippen molar-refractivity contribution < 1.29 is 29.3 Å². The lowest BCUT2D eigenvalue weighted by Gasteiger charge is -2.23. The lowest BCUT2D eigenvalue weighted by molar-refractivity contribution is -0.147. The molecule has 0 saturated heterocycles. The van der Waals surface area contributed by atoms with Gasteiger partial charge in [0.25, 0.3) is 0 Å². The molecule has 0 saturated carbocycles. The maximum absolute atomic E-state index is 11.8. The normalized spacial score (nSPS) is 15.7. The quantitative estimate of drug-likeness (QED) is 0.873. The second-order valence-corrected chi connectivity index (χ2v) is 6.03. The first-order valence-corrected chi connectivity index (χ1v) is 7.84. The van der Waals surface area contributed by atoms with E-state index in [1.54, 1.807) is 35.7 Å². The predicted molar refractivity (Wildman–Crippen MR) is 82.5 cm³/mol. The van der Waals surface area contributed by atoms with E-state index in [0.717, 1.165) is 0 Å². The summed E-state index contributed by atoms with van der Waals surface area (Å²) in [5.74, 6) is -3.75. The molecule has 3 rings (SSSR count). The first-order valence-electron chi connectivity index (χ1n) is 6.96. The molecule has 7 heteroatoms. The van der Waals surface area contributed by atoms with E-state index < -0.39 is 23.8 Å². The summed E-state index contributed by atoms with van der Waals surface area (Å²) >= 11 is 1.23. The van der Waals surface area contributed by atoms with Gasteiger partial charge in [0.15, 0.2) is 11.5 Å². The summed E-state index contributed by atoms with van der Waals surface area (Å²) < 4.78 is 10.9. The molecule has 1 aliphatic heterocycles. The number of fused-ring (bicyclic) bond motifs is 1. The molecule has 0 spiro atoms. The minimum absolute atomic E-state index is 0.376. The van der Waals surface area contributed by atoms with Crippen molar-refractivity contribution in [2.75, 3.05) is 13.2 Å². The molecule has 2 atom stereocenters. The van der Waals surface area contributed by atoms with Crippen LogP contribution >= 0.6 is 11.3 Å². The fraction of sp³-hybridized carbons (Fsp3) is 0.250. The Morgan fingerprint density at radius 3 is 2.30 bits per heavy atom. The third-order valence-corrected chi connectivity index (χ3v) is 4.60. The average molecular weight is 334 g/mol. The van der Waals surface area contributed by atoms with E-state index in [9.17, 15) is 19.8 Å². The Kier molecular flexibility index (Phi) is 4.20. The Bertz CT molecular complexity index is 724. The Labute approximate surface area is 135 Å². The van der Waals surface area contributed by atoms with Gasteiger partial charge in [0.2, 0.25) is 0 Å². The van der Waals surface area contributed by atoms with E-state index in [0.29, 0.717) is 35.2 Å². The van der Waals surface area contributed by atoms with Crippen LogP contribution in [0.5, 0.6) is 11.5 Å². The minimum Gasteiger partial charge on any atom is -0.486 e. The summed E-state index contributed by atoms with van der Waals surface area (Å²) in [4.78, 5) is 24.0. The largest absolute Gasteiger partial charge is 0.486 e. The van der Waals surface area contributed by atoms with Gasteiger partial charge in [-0.05, 0) is 29.1 Å². The molecule has 1 aliphatic rings. The van der Waals surface area contributed by atoms with Crippen LogP contribution in [0.3, 0.4) is 0 Å². The molecule has 120 valence electrons. The molecule has 23 heavy (non-hydrogen) atoms. The highest BCUT2D eigenvalue weighted by atomic mass is 32.1. The summed E-state index contributed by atoms with van der Waals surface area (Å²) in [6.07, 6.45) is 0. The molecule has 2 aromatic rings. The van der Waals surface area contributed by atoms with Crippen LogP contribution in [0.15, 0.2) is 35.7 Å². The van der Waals surface area contributed by atoms with Crippen LogP contribution in [0, 0.1) is 0 Å². The van der Waals surface area contributed by atoms with Crippen LogP contribution in [0.4, 0.5) is 0 Å². The first kappa shape index (κ1) is 15.4. The van der Waals surface area contributed by atoms with Crippen LogP contribution in [-0.2, 0) is 9.59 Å². The van der Waals surface area contributed by atoms with E-state index in [1.165, 1.54) is 11.3 Å². The van der Waals surface area contributed by atoms with Gasteiger partial charge >= 0.3 is 11.9 Å². The number of carbonyl (C=O) groups is 2. The predicted octanol–water partition coefficient (Wildman–Crippen LogP) is 2.56. The molecule has 2 unspecified atom stereocenters. The number of thiophene rings is 1. The summed E-state index contributed by atoms with van der Waals surface area (Å²) in [5.41, 5.74) is 0.377. The molecule has 2 N–H and O–H groups in total. The smallest absolute Gasteiger partial charge is 0.313 e. The van der Waals surface area contributed by atoms with Gasteiger partial charge in [-0.2, -0.15) is 0 Å². The van der Waals surface area contributed by atoms with Crippen molar-refractivity contribution >= 4 is 23.3 Å². The lowest BCUT2D eigenvalue weighted by Crippen LogP contribution is -2.26. The highest BCUT2D eigenvalue weighted by molar-refractivity contribution is 7.10. The number of ether oxygens (including phenoxy) is 2. The fourth-order valence-corrected chi connectivity index (χ4v) is 3.48. The summed E-state index contributed by atoms with van der Waals surface area (Å²) in [6, 6.07) is 8.09. The monoisotopic (exact) mass is 334 g/mol. The highest BCUT2D eigenvalue weighted by Gasteiger charge is 2.37. The molecule has 6 nitrogen and oxygen atoms in total. The van der Waals surface area contributed by atoms with Crippen LogP contribution in [0.25, 0.3) is 0 Å². The molecule has 0 aliphatic carbocycles. The fourth-order valence-electron chi connectivity index (χ4n) is 2.63. The SMILES string of the molecule is O=C(O)C(c1ccc2c(c1)OCCO2)C(C(=O)O)c1cccs1. The molecule has 1 aromatic heterocycles. The van der Waals surface area contributed by atoms with E-state index in [4.69, 9.17) is 9.47 Å². The zero-order valence-corrected chi connectivity index (χ0v) is 12.8. The number of benzene rings is 1. The van der Waals surface area contributed by atoms with Crippen molar-refractivity contribution in [3.05, 3.63) is 46.2 Å². The van der Waals surface area contributed by atoms with Gasteiger partial charge in [0.05, 0.1) is 0 Å². The van der Waals surface area contributed by atoms with Crippen LogP contribution in [-0.4, -0.2) is 35.4 Å². The van der Waals surface area contributed by atoms with E-state index in [1.807, 2.05) is 0 Å². The van der Waals surface area contributed by atoms with Gasteiger partial charge in [-0.25, -0.2) is 0 Å². The zero-order chi connectivity index (χ0) is 16.4. The molecule has 0 radical (unpaired) electrons. The lowest BCUT2D eigenvalue weighted by atomic mass is 9.84. The van der Waals surface area contributed by atoms with Gasteiger partial charge < -0.3 is 19.7 Å².